The van der Waals surface area contributed by atoms with E-state index in [0.29, 0.717) is 23.9 Å². The number of hydrogen-bond acceptors (Lipinski definition) is 3. The summed E-state index contributed by atoms with van der Waals surface area (Å²) in [5.41, 5.74) is 5.62. The number of nitrogens with zero attached hydrogens (tertiary/aromatic N) is 3. The van der Waals surface area contributed by atoms with Crippen molar-refractivity contribution in [2.24, 2.45) is 11.8 Å². The van der Waals surface area contributed by atoms with Crippen LogP contribution in [0.1, 0.15) is 29.6 Å². The highest BCUT2D eigenvalue weighted by atomic mass is 16.2. The second kappa shape index (κ2) is 9.26. The third kappa shape index (κ3) is 4.17. The van der Waals surface area contributed by atoms with Gasteiger partial charge in [-0.15, -0.1) is 0 Å². The van der Waals surface area contributed by atoms with Gasteiger partial charge in [-0.05, 0) is 48.4 Å². The van der Waals surface area contributed by atoms with Crippen molar-refractivity contribution in [3.63, 3.8) is 0 Å². The molecule has 1 aliphatic carbocycles. The number of nitrogens with one attached hydrogen (secondary N) is 1. The van der Waals surface area contributed by atoms with E-state index >= 15 is 0 Å². The first-order valence-electron chi connectivity index (χ1n) is 12.8. The summed E-state index contributed by atoms with van der Waals surface area (Å²) < 4.78 is 2.20. The van der Waals surface area contributed by atoms with Crippen LogP contribution >= 0.6 is 0 Å². The summed E-state index contributed by atoms with van der Waals surface area (Å²) in [6.07, 6.45) is 3.03. The molecule has 6 nitrogen and oxygen atoms in total. The summed E-state index contributed by atoms with van der Waals surface area (Å²) >= 11 is 0. The van der Waals surface area contributed by atoms with E-state index in [1.165, 1.54) is 5.56 Å². The van der Waals surface area contributed by atoms with Gasteiger partial charge in [-0.3, -0.25) is 9.59 Å². The number of imidazole rings is 1. The minimum atomic E-state index is -0.121. The van der Waals surface area contributed by atoms with Crippen molar-refractivity contribution in [2.45, 2.75) is 25.8 Å². The number of hydrogen-bond donors (Lipinski definition) is 1. The lowest BCUT2D eigenvalue weighted by molar-refractivity contribution is -0.131. The number of amides is 2. The second-order valence-corrected chi connectivity index (χ2v) is 9.96. The second-order valence-electron chi connectivity index (χ2n) is 9.96. The van der Waals surface area contributed by atoms with Crippen molar-refractivity contribution < 1.29 is 9.59 Å². The fraction of sp³-hybridized carbons (Fsp3) is 0.300. The standard InChI is InChI=1S/C30H30N4O2/c1-31-29(35)25-8-5-9-26-27(25)34(19-20-16-17-33(18-20)30(36)24-14-15-24)28(32-26)23-12-10-22(11-13-23)21-6-3-2-4-7-21/h2-13,20,24H,14-19H2,1H3,(H,31,35). The van der Waals surface area contributed by atoms with Crippen LogP contribution in [0.5, 0.6) is 0 Å². The van der Waals surface area contributed by atoms with Crippen LogP contribution in [0.4, 0.5) is 0 Å². The Kier molecular flexibility index (Phi) is 5.80. The van der Waals surface area contributed by atoms with Crippen molar-refractivity contribution in [3.05, 3.63) is 78.4 Å². The van der Waals surface area contributed by atoms with E-state index in [1.54, 1.807) is 7.05 Å². The number of likely N-dealkylation sites (tertiary alicyclic amines) is 1. The lowest BCUT2D eigenvalue weighted by Crippen LogP contribution is -2.30. The molecule has 2 heterocycles. The van der Waals surface area contributed by atoms with E-state index in [-0.39, 0.29) is 11.8 Å². The molecule has 36 heavy (non-hydrogen) atoms. The van der Waals surface area contributed by atoms with Crippen molar-refractivity contribution in [1.29, 1.82) is 0 Å². The van der Waals surface area contributed by atoms with Crippen molar-refractivity contribution in [3.8, 4) is 22.5 Å². The van der Waals surface area contributed by atoms with Crippen molar-refractivity contribution in [2.75, 3.05) is 20.1 Å². The molecule has 2 fully saturated rings. The van der Waals surface area contributed by atoms with Gasteiger partial charge < -0.3 is 14.8 Å². The van der Waals surface area contributed by atoms with E-state index in [2.05, 4.69) is 46.3 Å². The molecule has 3 aromatic carbocycles. The Balaban J connectivity index is 1.39. The highest BCUT2D eigenvalue weighted by molar-refractivity contribution is 6.05. The van der Waals surface area contributed by atoms with E-state index in [1.807, 2.05) is 41.3 Å². The van der Waals surface area contributed by atoms with Gasteiger partial charge >= 0.3 is 0 Å². The first-order valence-corrected chi connectivity index (χ1v) is 12.8. The topological polar surface area (TPSA) is 67.2 Å². The van der Waals surface area contributed by atoms with Gasteiger partial charge in [0.25, 0.3) is 5.91 Å². The van der Waals surface area contributed by atoms with E-state index in [4.69, 9.17) is 4.98 Å². The normalized spacial score (nSPS) is 17.5. The summed E-state index contributed by atoms with van der Waals surface area (Å²) in [4.78, 5) is 32.5. The predicted molar refractivity (Wildman–Crippen MR) is 141 cm³/mol. The van der Waals surface area contributed by atoms with Gasteiger partial charge in [0.1, 0.15) is 5.82 Å². The zero-order chi connectivity index (χ0) is 24.6. The molecule has 182 valence electrons. The Morgan fingerprint density at radius 3 is 2.33 bits per heavy atom. The molecule has 1 saturated heterocycles. The van der Waals surface area contributed by atoms with E-state index in [0.717, 1.165) is 60.3 Å². The summed E-state index contributed by atoms with van der Waals surface area (Å²) in [7, 11) is 1.66. The quantitative estimate of drug-likeness (QED) is 0.425. The Labute approximate surface area is 211 Å². The molecule has 2 aliphatic rings. The van der Waals surface area contributed by atoms with Crippen molar-refractivity contribution >= 4 is 22.8 Å². The maximum atomic E-state index is 12.8. The van der Waals surface area contributed by atoms with Gasteiger partial charge in [-0.1, -0.05) is 60.7 Å². The fourth-order valence-corrected chi connectivity index (χ4v) is 5.37. The van der Waals surface area contributed by atoms with E-state index < -0.39 is 0 Å². The van der Waals surface area contributed by atoms with Crippen LogP contribution in [-0.4, -0.2) is 46.4 Å². The van der Waals surface area contributed by atoms with Crippen LogP contribution in [0.3, 0.4) is 0 Å². The molecule has 6 heteroatoms. The summed E-state index contributed by atoms with van der Waals surface area (Å²) in [6, 6.07) is 24.5. The first kappa shape index (κ1) is 22.5. The molecule has 6 rings (SSSR count). The average Bonchev–Trinajstić information content (AvgIpc) is 3.57. The molecule has 1 aromatic heterocycles. The molecular weight excluding hydrogens is 448 g/mol. The number of benzene rings is 3. The molecule has 1 unspecified atom stereocenters. The maximum absolute atomic E-state index is 12.8. The number of carbonyl (C=O) groups is 2. The number of para-hydroxylation sites is 1. The molecule has 4 aromatic rings. The molecule has 2 amide bonds. The van der Waals surface area contributed by atoms with E-state index in [9.17, 15) is 9.59 Å². The fourth-order valence-electron chi connectivity index (χ4n) is 5.37. The highest BCUT2D eigenvalue weighted by Crippen LogP contribution is 2.35. The van der Waals surface area contributed by atoms with Crippen LogP contribution in [0.15, 0.2) is 72.8 Å². The molecule has 0 radical (unpaired) electrons. The largest absolute Gasteiger partial charge is 0.355 e. The highest BCUT2D eigenvalue weighted by Gasteiger charge is 2.37. The number of fused-ring (bicyclic) bond motifs is 1. The predicted octanol–water partition coefficient (Wildman–Crippen LogP) is 4.99. The number of carbonyl (C=O) groups excluding carboxylic acids is 2. The van der Waals surface area contributed by atoms with Gasteiger partial charge in [-0.25, -0.2) is 4.98 Å². The number of rotatable bonds is 6. The monoisotopic (exact) mass is 478 g/mol. The average molecular weight is 479 g/mol. The molecule has 1 aliphatic heterocycles. The van der Waals surface area contributed by atoms with Gasteiger partial charge in [0.15, 0.2) is 0 Å². The molecule has 1 atom stereocenters. The lowest BCUT2D eigenvalue weighted by Gasteiger charge is -2.18. The minimum Gasteiger partial charge on any atom is -0.355 e. The van der Waals surface area contributed by atoms with Crippen molar-refractivity contribution in [1.82, 2.24) is 19.8 Å². The van der Waals surface area contributed by atoms with Gasteiger partial charge in [-0.2, -0.15) is 0 Å². The summed E-state index contributed by atoms with van der Waals surface area (Å²) in [5, 5.41) is 2.78. The smallest absolute Gasteiger partial charge is 0.253 e. The van der Waals surface area contributed by atoms with Crippen LogP contribution in [0.25, 0.3) is 33.5 Å². The molecule has 1 saturated carbocycles. The Hall–Kier alpha value is -3.93. The van der Waals surface area contributed by atoms with Gasteiger partial charge in [0, 0.05) is 38.2 Å². The molecule has 1 N–H and O–H groups in total. The molecular formula is C30H30N4O2. The van der Waals surface area contributed by atoms with Crippen LogP contribution < -0.4 is 5.32 Å². The third-order valence-corrected chi connectivity index (χ3v) is 7.45. The van der Waals surface area contributed by atoms with Crippen LogP contribution in [0, 0.1) is 11.8 Å². The molecule has 0 bridgehead atoms. The Morgan fingerprint density at radius 1 is 0.889 bits per heavy atom. The number of aromatic nitrogens is 2. The lowest BCUT2D eigenvalue weighted by atomic mass is 10.0. The van der Waals surface area contributed by atoms with Crippen LogP contribution in [-0.2, 0) is 11.3 Å². The zero-order valence-electron chi connectivity index (χ0n) is 20.5. The third-order valence-electron chi connectivity index (χ3n) is 7.45. The first-order chi connectivity index (χ1) is 17.6. The maximum Gasteiger partial charge on any atom is 0.253 e. The van der Waals surface area contributed by atoms with Gasteiger partial charge in [0.05, 0.1) is 16.6 Å². The summed E-state index contributed by atoms with van der Waals surface area (Å²) in [5.74, 6) is 1.62. The van der Waals surface area contributed by atoms with Crippen LogP contribution in [0.2, 0.25) is 0 Å². The Morgan fingerprint density at radius 2 is 1.61 bits per heavy atom. The zero-order valence-corrected chi connectivity index (χ0v) is 20.5. The minimum absolute atomic E-state index is 0.121. The summed E-state index contributed by atoms with van der Waals surface area (Å²) in [6.45, 7) is 2.30. The Bertz CT molecular complexity index is 1420. The van der Waals surface area contributed by atoms with Gasteiger partial charge in [0.2, 0.25) is 5.91 Å². The SMILES string of the molecule is CNC(=O)c1cccc2nc(-c3ccc(-c4ccccc4)cc3)n(CC3CCN(C(=O)C4CC4)C3)c12. The molecule has 0 spiro atoms.